The van der Waals surface area contributed by atoms with Gasteiger partial charge in [0.1, 0.15) is 12.2 Å². The van der Waals surface area contributed by atoms with Crippen molar-refractivity contribution in [1.29, 1.82) is 0 Å². The average Bonchev–Trinajstić information content (AvgIpc) is 2.68. The molecule has 0 radical (unpaired) electrons. The van der Waals surface area contributed by atoms with Gasteiger partial charge in [-0.25, -0.2) is 0 Å². The van der Waals surface area contributed by atoms with Crippen LogP contribution in [0.1, 0.15) is 25.7 Å². The highest BCUT2D eigenvalue weighted by atomic mass is 16.8. The minimum absolute atomic E-state index is 0.0703. The molecule has 0 amide bonds. The predicted octanol–water partition coefficient (Wildman–Crippen LogP) is 1.24. The average molecular weight is 411 g/mol. The van der Waals surface area contributed by atoms with E-state index in [0.29, 0.717) is 5.56 Å². The Kier molecular flexibility index (Phi) is 6.42. The zero-order chi connectivity index (χ0) is 21.1. The Balaban J connectivity index is 1.84. The zero-order valence-electron chi connectivity index (χ0n) is 16.0. The van der Waals surface area contributed by atoms with Crippen molar-refractivity contribution in [1.82, 2.24) is 0 Å². The van der Waals surface area contributed by atoms with Crippen molar-refractivity contribution < 1.29 is 42.9 Å². The molecule has 1 aromatic carbocycles. The van der Waals surface area contributed by atoms with Gasteiger partial charge in [-0.1, -0.05) is 0 Å². The van der Waals surface area contributed by atoms with Gasteiger partial charge in [-0.05, 0) is 12.1 Å². The molecule has 6 atom stereocenters. The van der Waals surface area contributed by atoms with Crippen LogP contribution in [0.25, 0.3) is 0 Å². The van der Waals surface area contributed by atoms with Gasteiger partial charge in [0.2, 0.25) is 0 Å². The van der Waals surface area contributed by atoms with Crippen molar-refractivity contribution in [2.24, 2.45) is 0 Å². The van der Waals surface area contributed by atoms with Crippen LogP contribution in [0.2, 0.25) is 0 Å². The number of rotatable bonds is 5. The van der Waals surface area contributed by atoms with E-state index in [4.69, 9.17) is 28.4 Å². The van der Waals surface area contributed by atoms with Gasteiger partial charge in [-0.3, -0.25) is 19.7 Å². The van der Waals surface area contributed by atoms with Crippen LogP contribution in [-0.2, 0) is 38.0 Å². The maximum Gasteiger partial charge on any atom is 0.303 e. The Bertz CT molecular complexity index is 766. The summed E-state index contributed by atoms with van der Waals surface area (Å²) in [6, 6.07) is 5.68. The number of methoxy groups -OCH3 is 1. The van der Waals surface area contributed by atoms with Crippen LogP contribution in [0.4, 0.5) is 5.69 Å². The standard InChI is InChI=1S/C18H21NO10/c1-9(20)26-15-14-13(28-18(24-3)16(15)27-10(2)21)8-25-17(29-14)11-4-6-12(7-5-11)19(22)23/h4-7,13-18H,8H2,1-3H3/t13-,14-,15+,16-,17?,18+/m1/s1. The van der Waals surface area contributed by atoms with Crippen molar-refractivity contribution in [3.63, 3.8) is 0 Å². The lowest BCUT2D eigenvalue weighted by molar-refractivity contribution is -0.385. The Morgan fingerprint density at radius 1 is 1.07 bits per heavy atom. The number of nitro groups is 1. The highest BCUT2D eigenvalue weighted by molar-refractivity contribution is 5.67. The van der Waals surface area contributed by atoms with Crippen molar-refractivity contribution in [3.8, 4) is 0 Å². The summed E-state index contributed by atoms with van der Waals surface area (Å²) in [5.74, 6) is -1.19. The molecule has 2 fully saturated rings. The monoisotopic (exact) mass is 411 g/mol. The number of nitro benzene ring substituents is 1. The van der Waals surface area contributed by atoms with E-state index in [-0.39, 0.29) is 12.3 Å². The van der Waals surface area contributed by atoms with Crippen LogP contribution < -0.4 is 0 Å². The fourth-order valence-electron chi connectivity index (χ4n) is 3.30. The fourth-order valence-corrected chi connectivity index (χ4v) is 3.30. The van der Waals surface area contributed by atoms with Gasteiger partial charge in [0.25, 0.3) is 5.69 Å². The zero-order valence-corrected chi connectivity index (χ0v) is 16.0. The maximum atomic E-state index is 11.7. The topological polar surface area (TPSA) is 133 Å². The number of carbonyl (C=O) groups excluding carboxylic acids is 2. The molecule has 0 saturated carbocycles. The largest absolute Gasteiger partial charge is 0.455 e. The van der Waals surface area contributed by atoms with Gasteiger partial charge in [-0.2, -0.15) is 0 Å². The molecule has 1 aromatic rings. The normalized spacial score (nSPS) is 31.4. The highest BCUT2D eigenvalue weighted by Gasteiger charge is 2.53. The molecule has 0 bridgehead atoms. The van der Waals surface area contributed by atoms with Crippen LogP contribution in [0.3, 0.4) is 0 Å². The van der Waals surface area contributed by atoms with E-state index < -0.39 is 53.9 Å². The van der Waals surface area contributed by atoms with Crippen molar-refractivity contribution >= 4 is 17.6 Å². The number of non-ortho nitro benzene ring substituents is 1. The van der Waals surface area contributed by atoms with Crippen LogP contribution in [0.5, 0.6) is 0 Å². The molecule has 2 aliphatic rings. The van der Waals surface area contributed by atoms with Gasteiger partial charge >= 0.3 is 11.9 Å². The van der Waals surface area contributed by atoms with E-state index in [1.807, 2.05) is 0 Å². The highest BCUT2D eigenvalue weighted by Crippen LogP contribution is 2.37. The first kappa shape index (κ1) is 21.1. The first-order valence-corrected chi connectivity index (χ1v) is 8.84. The van der Waals surface area contributed by atoms with Crippen molar-refractivity contribution in [2.45, 2.75) is 50.8 Å². The second-order valence-electron chi connectivity index (χ2n) is 6.54. The lowest BCUT2D eigenvalue weighted by Gasteiger charge is -2.47. The number of carbonyl (C=O) groups is 2. The molecule has 11 nitrogen and oxygen atoms in total. The van der Waals surface area contributed by atoms with E-state index >= 15 is 0 Å². The van der Waals surface area contributed by atoms with Gasteiger partial charge in [0.15, 0.2) is 24.8 Å². The summed E-state index contributed by atoms with van der Waals surface area (Å²) in [5, 5.41) is 10.8. The molecule has 11 heteroatoms. The van der Waals surface area contributed by atoms with E-state index in [0.717, 1.165) is 0 Å². The third kappa shape index (κ3) is 4.70. The van der Waals surface area contributed by atoms with Gasteiger partial charge in [0.05, 0.1) is 11.5 Å². The summed E-state index contributed by atoms with van der Waals surface area (Å²) in [4.78, 5) is 33.5. The Morgan fingerprint density at radius 3 is 2.24 bits per heavy atom. The van der Waals surface area contributed by atoms with Crippen LogP contribution in [0, 0.1) is 10.1 Å². The molecule has 0 spiro atoms. The second kappa shape index (κ2) is 8.82. The molecule has 1 unspecified atom stereocenters. The molecule has 0 aliphatic carbocycles. The quantitative estimate of drug-likeness (QED) is 0.396. The van der Waals surface area contributed by atoms with Crippen molar-refractivity contribution in [2.75, 3.05) is 13.7 Å². The van der Waals surface area contributed by atoms with E-state index in [1.165, 1.54) is 45.2 Å². The summed E-state index contributed by atoms with van der Waals surface area (Å²) in [6.45, 7) is 2.52. The van der Waals surface area contributed by atoms with Crippen molar-refractivity contribution in [3.05, 3.63) is 39.9 Å². The Morgan fingerprint density at radius 2 is 1.69 bits per heavy atom. The lowest BCUT2D eigenvalue weighted by Crippen LogP contribution is -2.64. The fraction of sp³-hybridized carbons (Fsp3) is 0.556. The Hall–Kier alpha value is -2.60. The second-order valence-corrected chi connectivity index (χ2v) is 6.54. The molecule has 2 heterocycles. The summed E-state index contributed by atoms with van der Waals surface area (Å²) in [6.07, 6.45) is -5.36. The van der Waals surface area contributed by atoms with Gasteiger partial charge in [0, 0.05) is 38.7 Å². The molecule has 2 saturated heterocycles. The molecule has 29 heavy (non-hydrogen) atoms. The van der Waals surface area contributed by atoms with E-state index in [2.05, 4.69) is 0 Å². The smallest absolute Gasteiger partial charge is 0.303 e. The van der Waals surface area contributed by atoms with Gasteiger partial charge < -0.3 is 28.4 Å². The number of ether oxygens (including phenoxy) is 6. The molecule has 3 rings (SSSR count). The third-order valence-electron chi connectivity index (χ3n) is 4.50. The molecule has 158 valence electrons. The van der Waals surface area contributed by atoms with Crippen LogP contribution in [0.15, 0.2) is 24.3 Å². The van der Waals surface area contributed by atoms with Crippen LogP contribution >= 0.6 is 0 Å². The first-order chi connectivity index (χ1) is 13.8. The van der Waals surface area contributed by atoms with E-state index in [1.54, 1.807) is 0 Å². The summed E-state index contributed by atoms with van der Waals surface area (Å²) < 4.78 is 33.3. The number of esters is 2. The molecule has 0 N–H and O–H groups in total. The van der Waals surface area contributed by atoms with Gasteiger partial charge in [-0.15, -0.1) is 0 Å². The Labute approximate surface area is 165 Å². The summed E-state index contributed by atoms with van der Waals surface area (Å²) in [5.41, 5.74) is 0.465. The van der Waals surface area contributed by atoms with E-state index in [9.17, 15) is 19.7 Å². The first-order valence-electron chi connectivity index (χ1n) is 8.84. The number of hydrogen-bond acceptors (Lipinski definition) is 10. The molecular formula is C18H21NO10. The SMILES string of the molecule is CO[C@H]1O[C@@H]2COC(c3ccc([N+](=O)[O-])cc3)O[C@H]2[C@H](OC(C)=O)[C@H]1OC(C)=O. The lowest BCUT2D eigenvalue weighted by atomic mass is 9.97. The summed E-state index contributed by atoms with van der Waals surface area (Å²) in [7, 11) is 1.37. The number of hydrogen-bond donors (Lipinski definition) is 0. The molecular weight excluding hydrogens is 390 g/mol. The minimum atomic E-state index is -1.04. The van der Waals surface area contributed by atoms with Crippen LogP contribution in [-0.4, -0.2) is 61.3 Å². The third-order valence-corrected chi connectivity index (χ3v) is 4.50. The molecule has 0 aromatic heterocycles. The number of fused-ring (bicyclic) bond motifs is 1. The maximum absolute atomic E-state index is 11.7. The molecule has 2 aliphatic heterocycles. The number of nitrogens with zero attached hydrogens (tertiary/aromatic N) is 1. The minimum Gasteiger partial charge on any atom is -0.455 e. The number of benzene rings is 1. The summed E-state index contributed by atoms with van der Waals surface area (Å²) >= 11 is 0. The predicted molar refractivity (Wildman–Crippen MR) is 93.4 cm³/mol.